The van der Waals surface area contributed by atoms with Crippen LogP contribution in [0.5, 0.6) is 0 Å². The molecule has 72 valence electrons. The van der Waals surface area contributed by atoms with E-state index in [1.54, 1.807) is 12.1 Å². The molecule has 1 aromatic rings. The Bertz CT molecular complexity index is 412. The van der Waals surface area contributed by atoms with Gasteiger partial charge in [-0.2, -0.15) is 0 Å². The summed E-state index contributed by atoms with van der Waals surface area (Å²) in [5, 5.41) is 0. The Morgan fingerprint density at radius 3 is 2.46 bits per heavy atom. The Morgan fingerprint density at radius 2 is 2.00 bits per heavy atom. The fraction of sp³-hybridized carbons (Fsp3) is 0.250. The third-order valence-corrected chi connectivity index (χ3v) is 2.87. The van der Waals surface area contributed by atoms with E-state index in [2.05, 4.69) is 0 Å². The van der Waals surface area contributed by atoms with E-state index >= 15 is 0 Å². The second-order valence-electron chi connectivity index (χ2n) is 2.85. The molecule has 0 atom stereocenters. The molecule has 0 fully saturated rings. The molecule has 13 heavy (non-hydrogen) atoms. The lowest BCUT2D eigenvalue weighted by Crippen LogP contribution is -2.05. The van der Waals surface area contributed by atoms with Gasteiger partial charge in [-0.05, 0) is 17.7 Å². The molecule has 0 heterocycles. The van der Waals surface area contributed by atoms with Crippen LogP contribution in [0.25, 0.3) is 0 Å². The topological polar surface area (TPSA) is 86.2 Å². The smallest absolute Gasteiger partial charge is 0.177 e. The summed E-state index contributed by atoms with van der Waals surface area (Å²) in [5.41, 5.74) is 11.9. The first kappa shape index (κ1) is 10.0. The SMILES string of the molecule is CS(=O)(=O)c1cc(CN)ccc1N. The average molecular weight is 200 g/mol. The van der Waals surface area contributed by atoms with E-state index in [1.807, 2.05) is 0 Å². The standard InChI is InChI=1S/C8H12N2O2S/c1-13(11,12)8-4-6(5-9)2-3-7(8)10/h2-4H,5,9-10H2,1H3. The molecular weight excluding hydrogens is 188 g/mol. The minimum Gasteiger partial charge on any atom is -0.398 e. The molecule has 4 N–H and O–H groups in total. The largest absolute Gasteiger partial charge is 0.398 e. The average Bonchev–Trinajstić information content (AvgIpc) is 2.03. The summed E-state index contributed by atoms with van der Waals surface area (Å²) in [6.07, 6.45) is 1.12. The summed E-state index contributed by atoms with van der Waals surface area (Å²) in [4.78, 5) is 0.149. The van der Waals surface area contributed by atoms with Gasteiger partial charge < -0.3 is 11.5 Å². The molecule has 0 radical (unpaired) electrons. The highest BCUT2D eigenvalue weighted by molar-refractivity contribution is 7.90. The van der Waals surface area contributed by atoms with E-state index in [0.717, 1.165) is 11.8 Å². The van der Waals surface area contributed by atoms with Crippen LogP contribution < -0.4 is 11.5 Å². The van der Waals surface area contributed by atoms with Crippen molar-refractivity contribution < 1.29 is 8.42 Å². The molecule has 0 saturated heterocycles. The van der Waals surface area contributed by atoms with Crippen LogP contribution in [-0.2, 0) is 16.4 Å². The van der Waals surface area contributed by atoms with E-state index in [4.69, 9.17) is 11.5 Å². The van der Waals surface area contributed by atoms with Gasteiger partial charge in [-0.15, -0.1) is 0 Å². The lowest BCUT2D eigenvalue weighted by atomic mass is 10.2. The van der Waals surface area contributed by atoms with Crippen LogP contribution >= 0.6 is 0 Å². The molecule has 0 aliphatic carbocycles. The summed E-state index contributed by atoms with van der Waals surface area (Å²) < 4.78 is 22.4. The minimum absolute atomic E-state index is 0.149. The first-order valence-corrected chi connectivity index (χ1v) is 5.63. The van der Waals surface area contributed by atoms with Gasteiger partial charge in [-0.3, -0.25) is 0 Å². The van der Waals surface area contributed by atoms with Crippen molar-refractivity contribution in [3.05, 3.63) is 23.8 Å². The molecule has 4 nitrogen and oxygen atoms in total. The van der Waals surface area contributed by atoms with Crippen LogP contribution in [-0.4, -0.2) is 14.7 Å². The Hall–Kier alpha value is -1.07. The Labute approximate surface area is 77.5 Å². The number of hydrogen-bond donors (Lipinski definition) is 2. The summed E-state index contributed by atoms with van der Waals surface area (Å²) in [6.45, 7) is 0.308. The van der Waals surface area contributed by atoms with Gasteiger partial charge in [-0.25, -0.2) is 8.42 Å². The van der Waals surface area contributed by atoms with Gasteiger partial charge in [0, 0.05) is 12.8 Å². The number of anilines is 1. The maximum absolute atomic E-state index is 11.2. The molecule has 0 spiro atoms. The zero-order chi connectivity index (χ0) is 10.1. The van der Waals surface area contributed by atoms with E-state index < -0.39 is 9.84 Å². The molecule has 1 rings (SSSR count). The van der Waals surface area contributed by atoms with Crippen LogP contribution in [0.4, 0.5) is 5.69 Å². The predicted octanol–water partition coefficient (Wildman–Crippen LogP) is 0.131. The van der Waals surface area contributed by atoms with E-state index in [-0.39, 0.29) is 10.6 Å². The highest BCUT2D eigenvalue weighted by Crippen LogP contribution is 2.19. The van der Waals surface area contributed by atoms with Crippen molar-refractivity contribution in [3.8, 4) is 0 Å². The highest BCUT2D eigenvalue weighted by Gasteiger charge is 2.11. The third-order valence-electron chi connectivity index (χ3n) is 1.71. The monoisotopic (exact) mass is 200 g/mol. The van der Waals surface area contributed by atoms with Gasteiger partial charge in [0.1, 0.15) is 0 Å². The normalized spacial score (nSPS) is 11.5. The maximum atomic E-state index is 11.2. The minimum atomic E-state index is -3.25. The van der Waals surface area contributed by atoms with Gasteiger partial charge in [0.25, 0.3) is 0 Å². The number of nitrogen functional groups attached to an aromatic ring is 1. The molecule has 0 unspecified atom stereocenters. The van der Waals surface area contributed by atoms with E-state index in [0.29, 0.717) is 6.54 Å². The number of nitrogens with two attached hydrogens (primary N) is 2. The summed E-state index contributed by atoms with van der Waals surface area (Å²) in [7, 11) is -3.25. The molecule has 1 aromatic carbocycles. The van der Waals surface area contributed by atoms with Crippen molar-refractivity contribution in [2.24, 2.45) is 5.73 Å². The van der Waals surface area contributed by atoms with Crippen LogP contribution in [0.15, 0.2) is 23.1 Å². The van der Waals surface area contributed by atoms with Crippen LogP contribution in [0, 0.1) is 0 Å². The number of sulfone groups is 1. The zero-order valence-corrected chi connectivity index (χ0v) is 8.14. The van der Waals surface area contributed by atoms with Crippen LogP contribution in [0.3, 0.4) is 0 Å². The molecule has 0 saturated carbocycles. The van der Waals surface area contributed by atoms with Gasteiger partial charge in [-0.1, -0.05) is 6.07 Å². The number of rotatable bonds is 2. The second kappa shape index (κ2) is 3.35. The molecule has 0 aromatic heterocycles. The molecule has 5 heteroatoms. The molecule has 0 bridgehead atoms. The van der Waals surface area contributed by atoms with E-state index in [9.17, 15) is 8.42 Å². The van der Waals surface area contributed by atoms with Crippen molar-refractivity contribution in [3.63, 3.8) is 0 Å². The van der Waals surface area contributed by atoms with Gasteiger partial charge in [0.05, 0.1) is 10.6 Å². The number of benzene rings is 1. The van der Waals surface area contributed by atoms with Crippen LogP contribution in [0.1, 0.15) is 5.56 Å². The molecule has 0 aliphatic heterocycles. The summed E-state index contributed by atoms with van der Waals surface area (Å²) >= 11 is 0. The number of hydrogen-bond acceptors (Lipinski definition) is 4. The van der Waals surface area contributed by atoms with Crippen molar-refractivity contribution in [2.75, 3.05) is 12.0 Å². The lowest BCUT2D eigenvalue weighted by Gasteiger charge is -2.04. The maximum Gasteiger partial charge on any atom is 0.177 e. The first-order valence-electron chi connectivity index (χ1n) is 3.73. The second-order valence-corrected chi connectivity index (χ2v) is 4.83. The first-order chi connectivity index (χ1) is 5.95. The predicted molar refractivity (Wildman–Crippen MR) is 51.9 cm³/mol. The fourth-order valence-corrected chi connectivity index (χ4v) is 1.89. The Morgan fingerprint density at radius 1 is 1.38 bits per heavy atom. The van der Waals surface area contributed by atoms with Crippen molar-refractivity contribution >= 4 is 15.5 Å². The van der Waals surface area contributed by atoms with E-state index in [1.165, 1.54) is 6.07 Å². The van der Waals surface area contributed by atoms with Crippen molar-refractivity contribution in [1.82, 2.24) is 0 Å². The molecule has 0 aliphatic rings. The fourth-order valence-electron chi connectivity index (χ4n) is 1.03. The van der Waals surface area contributed by atoms with Crippen molar-refractivity contribution in [2.45, 2.75) is 11.4 Å². The quantitative estimate of drug-likeness (QED) is 0.664. The summed E-state index contributed by atoms with van der Waals surface area (Å²) in [5.74, 6) is 0. The Kier molecular flexibility index (Phi) is 2.58. The van der Waals surface area contributed by atoms with Gasteiger partial charge in [0.2, 0.25) is 0 Å². The highest BCUT2D eigenvalue weighted by atomic mass is 32.2. The third kappa shape index (κ3) is 2.19. The molecular formula is C8H12N2O2S. The van der Waals surface area contributed by atoms with Crippen molar-refractivity contribution in [1.29, 1.82) is 0 Å². The summed E-state index contributed by atoms with van der Waals surface area (Å²) in [6, 6.07) is 4.77. The zero-order valence-electron chi connectivity index (χ0n) is 7.32. The Balaban J connectivity index is 3.36. The lowest BCUT2D eigenvalue weighted by molar-refractivity contribution is 0.602. The van der Waals surface area contributed by atoms with Gasteiger partial charge >= 0.3 is 0 Å². The molecule has 0 amide bonds. The van der Waals surface area contributed by atoms with Crippen LogP contribution in [0.2, 0.25) is 0 Å². The van der Waals surface area contributed by atoms with Gasteiger partial charge in [0.15, 0.2) is 9.84 Å².